The maximum atomic E-state index is 12.6. The number of hydrogen-bond acceptors (Lipinski definition) is 3. The highest BCUT2D eigenvalue weighted by atomic mass is 79.9. The second kappa shape index (κ2) is 9.34. The highest BCUT2D eigenvalue weighted by Gasteiger charge is 2.30. The van der Waals surface area contributed by atoms with Crippen molar-refractivity contribution in [2.45, 2.75) is 25.8 Å². The number of carbonyl (C=O) groups is 2. The van der Waals surface area contributed by atoms with Crippen LogP contribution in [0, 0.1) is 0 Å². The molecule has 2 aromatic carbocycles. The zero-order valence-corrected chi connectivity index (χ0v) is 18.5. The van der Waals surface area contributed by atoms with Gasteiger partial charge < -0.3 is 15.3 Å². The number of carboxylic acids is 1. The van der Waals surface area contributed by atoms with Crippen molar-refractivity contribution in [3.63, 3.8) is 0 Å². The van der Waals surface area contributed by atoms with Gasteiger partial charge in [0.1, 0.15) is 0 Å². The third-order valence-corrected chi connectivity index (χ3v) is 5.91. The molecular formula is C23H23BrN4O3. The van der Waals surface area contributed by atoms with Gasteiger partial charge in [-0.15, -0.1) is 0 Å². The zero-order valence-electron chi connectivity index (χ0n) is 16.9. The Bertz CT molecular complexity index is 1080. The molecule has 2 N–H and O–H groups in total. The second-order valence-electron chi connectivity index (χ2n) is 7.46. The van der Waals surface area contributed by atoms with Crippen LogP contribution in [0.2, 0.25) is 0 Å². The predicted octanol–water partition coefficient (Wildman–Crippen LogP) is 4.03. The third kappa shape index (κ3) is 4.80. The first kappa shape index (κ1) is 21.1. The summed E-state index contributed by atoms with van der Waals surface area (Å²) in [7, 11) is 0. The first-order chi connectivity index (χ1) is 15.0. The van der Waals surface area contributed by atoms with E-state index in [0.29, 0.717) is 25.1 Å². The van der Waals surface area contributed by atoms with E-state index in [1.165, 1.54) is 5.56 Å². The number of aromatic carboxylic acids is 1. The summed E-state index contributed by atoms with van der Waals surface area (Å²) in [5.74, 6) is -1.09. The average Bonchev–Trinajstić information content (AvgIpc) is 3.17. The number of hydrogen-bond donors (Lipinski definition) is 2. The Hall–Kier alpha value is -3.13. The fourth-order valence-corrected chi connectivity index (χ4v) is 4.07. The van der Waals surface area contributed by atoms with E-state index in [4.69, 9.17) is 0 Å². The topological polar surface area (TPSA) is 87.5 Å². The molecule has 2 heterocycles. The number of fused-ring (bicyclic) bond motifs is 1. The normalized spacial score (nSPS) is 13.0. The van der Waals surface area contributed by atoms with E-state index in [9.17, 15) is 14.7 Å². The summed E-state index contributed by atoms with van der Waals surface area (Å²) in [4.78, 5) is 26.1. The van der Waals surface area contributed by atoms with Crippen LogP contribution in [0.4, 0.5) is 4.79 Å². The van der Waals surface area contributed by atoms with E-state index < -0.39 is 5.97 Å². The number of rotatable bonds is 6. The fourth-order valence-electron chi connectivity index (χ4n) is 3.80. The van der Waals surface area contributed by atoms with Crippen molar-refractivity contribution >= 4 is 27.9 Å². The number of aryl methyl sites for hydroxylation is 1. The number of urea groups is 1. The first-order valence-electron chi connectivity index (χ1n) is 10.2. The van der Waals surface area contributed by atoms with Crippen LogP contribution in [-0.2, 0) is 19.4 Å². The van der Waals surface area contributed by atoms with Gasteiger partial charge >= 0.3 is 12.0 Å². The van der Waals surface area contributed by atoms with Crippen molar-refractivity contribution < 1.29 is 14.7 Å². The molecule has 8 heteroatoms. The fraction of sp³-hybridized carbons (Fsp3) is 0.261. The van der Waals surface area contributed by atoms with E-state index in [0.717, 1.165) is 28.7 Å². The van der Waals surface area contributed by atoms with Gasteiger partial charge in [0.05, 0.1) is 17.9 Å². The molecule has 1 aliphatic rings. The Balaban J connectivity index is 1.43. The Morgan fingerprint density at radius 3 is 2.55 bits per heavy atom. The number of aromatic nitrogens is 2. The summed E-state index contributed by atoms with van der Waals surface area (Å²) in [5.41, 5.74) is 3.48. The van der Waals surface area contributed by atoms with Gasteiger partial charge in [0.25, 0.3) is 0 Å². The van der Waals surface area contributed by atoms with E-state index >= 15 is 0 Å². The van der Waals surface area contributed by atoms with Gasteiger partial charge in [-0.3, -0.25) is 0 Å². The largest absolute Gasteiger partial charge is 0.476 e. The molecule has 0 spiro atoms. The molecule has 1 aliphatic heterocycles. The number of nitrogens with zero attached hydrogens (tertiary/aromatic N) is 3. The Morgan fingerprint density at radius 2 is 1.84 bits per heavy atom. The number of carboxylic acid groups (broad SMARTS) is 1. The summed E-state index contributed by atoms with van der Waals surface area (Å²) in [5, 5.41) is 16.9. The quantitative estimate of drug-likeness (QED) is 0.519. The van der Waals surface area contributed by atoms with Crippen LogP contribution in [0.25, 0.3) is 5.69 Å². The van der Waals surface area contributed by atoms with Gasteiger partial charge in [-0.2, -0.15) is 5.10 Å². The van der Waals surface area contributed by atoms with Gasteiger partial charge in [-0.25, -0.2) is 14.3 Å². The van der Waals surface area contributed by atoms with Crippen molar-refractivity contribution in [2.24, 2.45) is 0 Å². The molecule has 160 valence electrons. The van der Waals surface area contributed by atoms with Crippen molar-refractivity contribution in [3.05, 3.63) is 81.6 Å². The lowest BCUT2D eigenvalue weighted by atomic mass is 10.1. The number of benzene rings is 2. The first-order valence-corrected chi connectivity index (χ1v) is 11.0. The molecule has 0 bridgehead atoms. The lowest BCUT2D eigenvalue weighted by molar-refractivity contribution is 0.0687. The van der Waals surface area contributed by atoms with Gasteiger partial charge in [0, 0.05) is 29.5 Å². The van der Waals surface area contributed by atoms with Crippen molar-refractivity contribution in [3.8, 4) is 5.69 Å². The van der Waals surface area contributed by atoms with Gasteiger partial charge in [-0.05, 0) is 42.7 Å². The van der Waals surface area contributed by atoms with Crippen LogP contribution in [0.3, 0.4) is 0 Å². The molecule has 1 aromatic heterocycles. The van der Waals surface area contributed by atoms with E-state index in [2.05, 4.69) is 38.5 Å². The van der Waals surface area contributed by atoms with Crippen molar-refractivity contribution in [1.82, 2.24) is 20.0 Å². The lowest BCUT2D eigenvalue weighted by Gasteiger charge is -2.28. The van der Waals surface area contributed by atoms with Crippen LogP contribution in [0.15, 0.2) is 59.1 Å². The molecule has 0 unspecified atom stereocenters. The Kier molecular flexibility index (Phi) is 6.36. The number of nitrogens with one attached hydrogen (secondary N) is 1. The molecule has 0 atom stereocenters. The summed E-state index contributed by atoms with van der Waals surface area (Å²) in [6.07, 6.45) is 2.29. The summed E-state index contributed by atoms with van der Waals surface area (Å²) in [6.45, 7) is 1.32. The maximum absolute atomic E-state index is 12.6. The number of halogens is 1. The molecule has 0 saturated heterocycles. The molecule has 0 fully saturated rings. The standard InChI is InChI=1S/C23H23BrN4O3/c24-17-8-10-18(11-9-17)28-20-12-14-27(15-19(20)21(26-28)22(29)30)23(31)25-13-4-7-16-5-2-1-3-6-16/h1-3,5-6,8-11H,4,7,12-15H2,(H,25,31)(H,29,30). The van der Waals surface area contributed by atoms with Gasteiger partial charge in [-0.1, -0.05) is 46.3 Å². The number of amides is 2. The van der Waals surface area contributed by atoms with Crippen molar-refractivity contribution in [1.29, 1.82) is 0 Å². The Labute approximate surface area is 188 Å². The number of carbonyl (C=O) groups excluding carboxylic acids is 1. The minimum absolute atomic E-state index is 0.000466. The van der Waals surface area contributed by atoms with Crippen LogP contribution in [0.5, 0.6) is 0 Å². The highest BCUT2D eigenvalue weighted by Crippen LogP contribution is 2.26. The molecule has 7 nitrogen and oxygen atoms in total. The van der Waals surface area contributed by atoms with E-state index in [1.54, 1.807) is 9.58 Å². The van der Waals surface area contributed by atoms with Crippen LogP contribution >= 0.6 is 15.9 Å². The van der Waals surface area contributed by atoms with Gasteiger partial charge in [0.2, 0.25) is 0 Å². The predicted molar refractivity (Wildman–Crippen MR) is 120 cm³/mol. The van der Waals surface area contributed by atoms with Crippen LogP contribution in [0.1, 0.15) is 33.7 Å². The third-order valence-electron chi connectivity index (χ3n) is 5.38. The van der Waals surface area contributed by atoms with Gasteiger partial charge in [0.15, 0.2) is 5.69 Å². The molecule has 0 saturated carbocycles. The monoisotopic (exact) mass is 482 g/mol. The van der Waals surface area contributed by atoms with E-state index in [-0.39, 0.29) is 18.3 Å². The summed E-state index contributed by atoms with van der Waals surface area (Å²) < 4.78 is 2.62. The lowest BCUT2D eigenvalue weighted by Crippen LogP contribution is -2.43. The van der Waals surface area contributed by atoms with E-state index in [1.807, 2.05) is 42.5 Å². The second-order valence-corrected chi connectivity index (χ2v) is 8.38. The molecule has 2 amide bonds. The summed E-state index contributed by atoms with van der Waals surface area (Å²) in [6, 6.07) is 17.5. The highest BCUT2D eigenvalue weighted by molar-refractivity contribution is 9.10. The van der Waals surface area contributed by atoms with Crippen molar-refractivity contribution in [2.75, 3.05) is 13.1 Å². The minimum atomic E-state index is -1.09. The maximum Gasteiger partial charge on any atom is 0.356 e. The zero-order chi connectivity index (χ0) is 21.8. The Morgan fingerprint density at radius 1 is 1.10 bits per heavy atom. The van der Waals surface area contributed by atoms with Crippen LogP contribution in [-0.4, -0.2) is 44.9 Å². The molecule has 0 aliphatic carbocycles. The minimum Gasteiger partial charge on any atom is -0.476 e. The molecule has 3 aromatic rings. The average molecular weight is 483 g/mol. The van der Waals surface area contributed by atoms with Crippen LogP contribution < -0.4 is 5.32 Å². The summed E-state index contributed by atoms with van der Waals surface area (Å²) >= 11 is 3.41. The molecule has 4 rings (SSSR count). The molecule has 31 heavy (non-hydrogen) atoms. The smallest absolute Gasteiger partial charge is 0.356 e. The molecular weight excluding hydrogens is 460 g/mol. The molecule has 0 radical (unpaired) electrons. The SMILES string of the molecule is O=C(O)c1nn(-c2ccc(Br)cc2)c2c1CN(C(=O)NCCCc1ccccc1)CC2.